The molecule has 0 atom stereocenters. The van der Waals surface area contributed by atoms with E-state index in [1.165, 1.54) is 70.9 Å². The summed E-state index contributed by atoms with van der Waals surface area (Å²) < 4.78 is 0. The molecule has 0 N–H and O–H groups in total. The number of fused-ring (bicyclic) bond motifs is 8. The highest BCUT2D eigenvalue weighted by molar-refractivity contribution is 6.24. The predicted molar refractivity (Wildman–Crippen MR) is 222 cm³/mol. The van der Waals surface area contributed by atoms with Gasteiger partial charge in [-0.2, -0.15) is 0 Å². The zero-order valence-electron chi connectivity index (χ0n) is 28.7. The molecule has 0 bridgehead atoms. The molecule has 0 spiro atoms. The minimum atomic E-state index is 1.09. The topological polar surface area (TPSA) is 29.0 Å². The number of hydrogen-bond acceptors (Lipinski definition) is 3. The first kappa shape index (κ1) is 29.6. The molecule has 1 aliphatic carbocycles. The maximum absolute atomic E-state index is 4.57. The molecule has 0 saturated carbocycles. The van der Waals surface area contributed by atoms with Crippen LogP contribution in [-0.2, 0) is 0 Å². The SMILES string of the molecule is c1ccc(N(c2ccc3c(c2)c(-c2cccnc2)cc2c4ccccc4c(-c4cccnc4)cc32)c2ccc3c4c(cccc24)-c2ccccc2-3)cc1. The minimum Gasteiger partial charge on any atom is -0.310 e. The Hall–Kier alpha value is -7.10. The number of pyridine rings is 2. The highest BCUT2D eigenvalue weighted by Crippen LogP contribution is 2.51. The third kappa shape index (κ3) is 4.54. The van der Waals surface area contributed by atoms with Gasteiger partial charge >= 0.3 is 0 Å². The van der Waals surface area contributed by atoms with Crippen LogP contribution in [0.4, 0.5) is 17.1 Å². The third-order valence-electron chi connectivity index (χ3n) is 10.9. The van der Waals surface area contributed by atoms with E-state index >= 15 is 0 Å². The molecule has 0 fully saturated rings. The van der Waals surface area contributed by atoms with Crippen molar-refractivity contribution in [2.75, 3.05) is 4.90 Å². The van der Waals surface area contributed by atoms with Gasteiger partial charge in [0.05, 0.1) is 5.69 Å². The van der Waals surface area contributed by atoms with Gasteiger partial charge in [0.1, 0.15) is 0 Å². The quantitative estimate of drug-likeness (QED) is 0.170. The average Bonchev–Trinajstić information content (AvgIpc) is 3.56. The molecule has 0 radical (unpaired) electrons. The van der Waals surface area contributed by atoms with E-state index in [1.54, 1.807) is 0 Å². The lowest BCUT2D eigenvalue weighted by Gasteiger charge is -2.28. The van der Waals surface area contributed by atoms with Crippen molar-refractivity contribution in [3.63, 3.8) is 0 Å². The van der Waals surface area contributed by atoms with Crippen LogP contribution in [0.5, 0.6) is 0 Å². The van der Waals surface area contributed by atoms with E-state index in [1.807, 2.05) is 36.9 Å². The van der Waals surface area contributed by atoms with Crippen molar-refractivity contribution < 1.29 is 0 Å². The van der Waals surface area contributed by atoms with Crippen LogP contribution in [0.15, 0.2) is 189 Å². The second-order valence-corrected chi connectivity index (χ2v) is 13.8. The highest BCUT2D eigenvalue weighted by atomic mass is 15.1. The van der Waals surface area contributed by atoms with Crippen molar-refractivity contribution in [1.29, 1.82) is 0 Å². The van der Waals surface area contributed by atoms with Crippen LogP contribution in [-0.4, -0.2) is 9.97 Å². The second-order valence-electron chi connectivity index (χ2n) is 13.8. The van der Waals surface area contributed by atoms with Gasteiger partial charge in [-0.05, 0) is 126 Å². The Labute approximate surface area is 307 Å². The fourth-order valence-electron chi connectivity index (χ4n) is 8.64. The molecule has 0 amide bonds. The Morgan fingerprint density at radius 2 is 0.906 bits per heavy atom. The van der Waals surface area contributed by atoms with Crippen LogP contribution in [0.2, 0.25) is 0 Å². The van der Waals surface area contributed by atoms with Gasteiger partial charge < -0.3 is 4.90 Å². The van der Waals surface area contributed by atoms with E-state index in [4.69, 9.17) is 0 Å². The lowest BCUT2D eigenvalue weighted by Crippen LogP contribution is -2.10. The van der Waals surface area contributed by atoms with Crippen molar-refractivity contribution in [2.45, 2.75) is 0 Å². The summed E-state index contributed by atoms with van der Waals surface area (Å²) in [4.78, 5) is 11.5. The highest BCUT2D eigenvalue weighted by Gasteiger charge is 2.25. The van der Waals surface area contributed by atoms with Crippen molar-refractivity contribution >= 4 is 60.2 Å². The lowest BCUT2D eigenvalue weighted by atomic mass is 9.88. The molecule has 2 aromatic heterocycles. The molecule has 2 heterocycles. The Balaban J connectivity index is 1.21. The standard InChI is InChI=1S/C50H31N3/c1-2-13-34(14-3-1)53(49-24-23-42-37-16-5-4-15-36(37)41-19-8-20-43(49)50(41)42)35-21-22-40-46(27-35)45(33-12-10-26-52-31-33)29-47-39-18-7-6-17-38(39)44(28-48(40)47)32-11-9-25-51-30-32/h1-31H. The third-order valence-corrected chi connectivity index (χ3v) is 10.9. The van der Waals surface area contributed by atoms with E-state index in [-0.39, 0.29) is 0 Å². The number of nitrogens with zero attached hydrogens (tertiary/aromatic N) is 3. The molecule has 3 heteroatoms. The number of rotatable bonds is 5. The smallest absolute Gasteiger partial charge is 0.0540 e. The van der Waals surface area contributed by atoms with Crippen molar-refractivity contribution in [1.82, 2.24) is 9.97 Å². The van der Waals surface area contributed by atoms with Gasteiger partial charge in [0, 0.05) is 52.7 Å². The summed E-state index contributed by atoms with van der Waals surface area (Å²) in [6, 6.07) is 59.7. The molecule has 53 heavy (non-hydrogen) atoms. The molecule has 1 aliphatic rings. The zero-order chi connectivity index (χ0) is 34.9. The Kier molecular flexibility index (Phi) is 6.55. The predicted octanol–water partition coefficient (Wildman–Crippen LogP) is 13.5. The van der Waals surface area contributed by atoms with E-state index in [9.17, 15) is 0 Å². The van der Waals surface area contributed by atoms with Crippen LogP contribution in [0.25, 0.3) is 87.6 Å². The Bertz CT molecular complexity index is 3020. The van der Waals surface area contributed by atoms with Gasteiger partial charge in [0.25, 0.3) is 0 Å². The monoisotopic (exact) mass is 673 g/mol. The first-order valence-electron chi connectivity index (χ1n) is 18.1. The molecule has 11 rings (SSSR count). The number of benzene rings is 8. The van der Waals surface area contributed by atoms with E-state index in [0.717, 1.165) is 33.8 Å². The number of hydrogen-bond donors (Lipinski definition) is 0. The summed E-state index contributed by atoms with van der Waals surface area (Å²) in [5.41, 5.74) is 13.1. The summed E-state index contributed by atoms with van der Waals surface area (Å²) in [6.07, 6.45) is 7.63. The summed E-state index contributed by atoms with van der Waals surface area (Å²) >= 11 is 0. The average molecular weight is 674 g/mol. The molecule has 246 valence electrons. The van der Waals surface area contributed by atoms with Crippen LogP contribution in [0.3, 0.4) is 0 Å². The van der Waals surface area contributed by atoms with Gasteiger partial charge in [-0.15, -0.1) is 0 Å². The lowest BCUT2D eigenvalue weighted by molar-refractivity contribution is 1.30. The van der Waals surface area contributed by atoms with E-state index in [0.29, 0.717) is 0 Å². The Morgan fingerprint density at radius 3 is 1.60 bits per heavy atom. The van der Waals surface area contributed by atoms with E-state index in [2.05, 4.69) is 167 Å². The molecular formula is C50H31N3. The first-order valence-corrected chi connectivity index (χ1v) is 18.1. The van der Waals surface area contributed by atoms with Gasteiger partial charge in [-0.3, -0.25) is 9.97 Å². The first-order chi connectivity index (χ1) is 26.3. The maximum atomic E-state index is 4.57. The largest absolute Gasteiger partial charge is 0.310 e. The van der Waals surface area contributed by atoms with Crippen LogP contribution in [0.1, 0.15) is 0 Å². The second kappa shape index (κ2) is 11.7. The zero-order valence-corrected chi connectivity index (χ0v) is 28.7. The molecule has 3 nitrogen and oxygen atoms in total. The summed E-state index contributed by atoms with van der Waals surface area (Å²) in [5.74, 6) is 0. The van der Waals surface area contributed by atoms with Gasteiger partial charge in [-0.1, -0.05) is 109 Å². The summed E-state index contributed by atoms with van der Waals surface area (Å²) in [7, 11) is 0. The molecule has 8 aromatic carbocycles. The fraction of sp³-hybridized carbons (Fsp3) is 0. The maximum Gasteiger partial charge on any atom is 0.0540 e. The van der Waals surface area contributed by atoms with Gasteiger partial charge in [-0.25, -0.2) is 0 Å². The fourth-order valence-corrected chi connectivity index (χ4v) is 8.64. The van der Waals surface area contributed by atoms with Gasteiger partial charge in [0.15, 0.2) is 0 Å². The van der Waals surface area contributed by atoms with Gasteiger partial charge in [0.2, 0.25) is 0 Å². The number of aromatic nitrogens is 2. The van der Waals surface area contributed by atoms with Crippen molar-refractivity contribution in [3.8, 4) is 44.5 Å². The van der Waals surface area contributed by atoms with Crippen LogP contribution in [0, 0.1) is 0 Å². The Morgan fingerprint density at radius 1 is 0.321 bits per heavy atom. The summed E-state index contributed by atoms with van der Waals surface area (Å²) in [6.45, 7) is 0. The van der Waals surface area contributed by atoms with Crippen molar-refractivity contribution in [2.24, 2.45) is 0 Å². The molecule has 10 aromatic rings. The molecular weight excluding hydrogens is 643 g/mol. The van der Waals surface area contributed by atoms with Crippen LogP contribution < -0.4 is 4.90 Å². The molecule has 0 saturated heterocycles. The molecule has 0 unspecified atom stereocenters. The summed E-state index contributed by atoms with van der Waals surface area (Å²) in [5, 5.41) is 9.79. The number of anilines is 3. The van der Waals surface area contributed by atoms with Crippen LogP contribution >= 0.6 is 0 Å². The molecule has 0 aliphatic heterocycles. The van der Waals surface area contributed by atoms with Crippen molar-refractivity contribution in [3.05, 3.63) is 189 Å². The van der Waals surface area contributed by atoms with E-state index < -0.39 is 0 Å². The number of para-hydroxylation sites is 1. The normalized spacial score (nSPS) is 11.8. The minimum absolute atomic E-state index is 1.09.